The number of esters is 1. The molecule has 0 N–H and O–H groups in total. The van der Waals surface area contributed by atoms with E-state index in [1.807, 2.05) is 12.1 Å². The number of rotatable bonds is 5. The van der Waals surface area contributed by atoms with E-state index in [-0.39, 0.29) is 11.4 Å². The van der Waals surface area contributed by atoms with E-state index < -0.39 is 11.5 Å². The molecular formula is C19H18FN3O3. The van der Waals surface area contributed by atoms with Crippen LogP contribution in [-0.2, 0) is 17.7 Å². The lowest BCUT2D eigenvalue weighted by Crippen LogP contribution is -2.26. The van der Waals surface area contributed by atoms with Crippen molar-refractivity contribution in [2.75, 3.05) is 7.11 Å². The number of aromatic nitrogens is 3. The highest BCUT2D eigenvalue weighted by Gasteiger charge is 2.28. The van der Waals surface area contributed by atoms with Crippen LogP contribution in [0.25, 0.3) is 5.65 Å². The summed E-state index contributed by atoms with van der Waals surface area (Å²) in [5.74, 6) is -0.601. The van der Waals surface area contributed by atoms with Gasteiger partial charge in [-0.15, -0.1) is 0 Å². The molecule has 0 bridgehead atoms. The Hall–Kier alpha value is -2.96. The molecule has 0 saturated heterocycles. The lowest BCUT2D eigenvalue weighted by atomic mass is 10.1. The monoisotopic (exact) mass is 355 g/mol. The Bertz CT molecular complexity index is 1050. The number of carbonyl (C=O) groups excluding carboxylic acids is 1. The number of hydrogen-bond donors (Lipinski definition) is 0. The van der Waals surface area contributed by atoms with Crippen LogP contribution in [0, 0.1) is 5.82 Å². The molecule has 7 heteroatoms. The number of hydrogen-bond acceptors (Lipinski definition) is 4. The first-order chi connectivity index (χ1) is 12.6. The molecule has 0 atom stereocenters. The number of carbonyl (C=O) groups is 1. The zero-order valence-corrected chi connectivity index (χ0v) is 14.3. The number of ether oxygens (including phenoxy) is 1. The molecule has 0 aliphatic heterocycles. The molecule has 1 fully saturated rings. The average Bonchev–Trinajstić information content (AvgIpc) is 3.39. The lowest BCUT2D eigenvalue weighted by molar-refractivity contribution is 0.0597. The Morgan fingerprint density at radius 1 is 1.35 bits per heavy atom. The first-order valence-electron chi connectivity index (χ1n) is 8.52. The van der Waals surface area contributed by atoms with Gasteiger partial charge in [0, 0.05) is 24.7 Å². The van der Waals surface area contributed by atoms with Crippen LogP contribution in [0.3, 0.4) is 0 Å². The predicted molar refractivity (Wildman–Crippen MR) is 92.9 cm³/mol. The minimum absolute atomic E-state index is 0.0651. The zero-order chi connectivity index (χ0) is 18.3. The van der Waals surface area contributed by atoms with Crippen LogP contribution in [0.2, 0.25) is 0 Å². The van der Waals surface area contributed by atoms with Gasteiger partial charge in [0.2, 0.25) is 0 Å². The Balaban J connectivity index is 1.77. The molecular weight excluding hydrogens is 337 g/mol. The van der Waals surface area contributed by atoms with Crippen molar-refractivity contribution in [3.8, 4) is 0 Å². The van der Waals surface area contributed by atoms with Gasteiger partial charge in [-0.05, 0) is 37.0 Å². The first-order valence-corrected chi connectivity index (χ1v) is 8.52. The second-order valence-corrected chi connectivity index (χ2v) is 6.53. The molecule has 0 spiro atoms. The number of halogens is 1. The number of aryl methyl sites for hydroxylation is 2. The predicted octanol–water partition coefficient (Wildman–Crippen LogP) is 2.54. The summed E-state index contributed by atoms with van der Waals surface area (Å²) in [7, 11) is 1.24. The fourth-order valence-electron chi connectivity index (χ4n) is 3.08. The molecule has 6 nitrogen and oxygen atoms in total. The Kier molecular flexibility index (Phi) is 4.06. The van der Waals surface area contributed by atoms with E-state index >= 15 is 0 Å². The van der Waals surface area contributed by atoms with Gasteiger partial charge in [0.25, 0.3) is 5.56 Å². The summed E-state index contributed by atoms with van der Waals surface area (Å²) in [5, 5.41) is 4.40. The Morgan fingerprint density at radius 3 is 2.85 bits per heavy atom. The number of methoxy groups -OCH3 is 1. The molecule has 26 heavy (non-hydrogen) atoms. The normalized spacial score (nSPS) is 13.9. The van der Waals surface area contributed by atoms with Gasteiger partial charge < -0.3 is 9.30 Å². The van der Waals surface area contributed by atoms with E-state index in [4.69, 9.17) is 4.74 Å². The highest BCUT2D eigenvalue weighted by Crippen LogP contribution is 2.39. The summed E-state index contributed by atoms with van der Waals surface area (Å²) in [4.78, 5) is 24.6. The molecule has 1 aliphatic rings. The van der Waals surface area contributed by atoms with Gasteiger partial charge in [0.1, 0.15) is 17.0 Å². The van der Waals surface area contributed by atoms with Crippen LogP contribution in [0.5, 0.6) is 0 Å². The molecule has 134 valence electrons. The van der Waals surface area contributed by atoms with E-state index in [0.717, 1.165) is 24.1 Å². The minimum Gasteiger partial charge on any atom is -0.465 e. The number of benzene rings is 1. The smallest absolute Gasteiger partial charge is 0.345 e. The molecule has 2 heterocycles. The second kappa shape index (κ2) is 6.40. The molecule has 1 aromatic carbocycles. The van der Waals surface area contributed by atoms with Crippen LogP contribution < -0.4 is 5.56 Å². The number of nitrogens with zero attached hydrogens (tertiary/aromatic N) is 3. The van der Waals surface area contributed by atoms with Crippen LogP contribution in [0.4, 0.5) is 4.39 Å². The SMILES string of the molecule is COC(=O)c1cn(CCc2cccc(F)c2)c2cc(C3CC3)nn2c1=O. The summed E-state index contributed by atoms with van der Waals surface area (Å²) >= 11 is 0. The topological polar surface area (TPSA) is 65.6 Å². The third kappa shape index (κ3) is 3.00. The molecule has 0 amide bonds. The number of fused-ring (bicyclic) bond motifs is 1. The third-order valence-electron chi connectivity index (χ3n) is 4.64. The average molecular weight is 355 g/mol. The zero-order valence-electron chi connectivity index (χ0n) is 14.3. The minimum atomic E-state index is -0.695. The van der Waals surface area contributed by atoms with E-state index in [0.29, 0.717) is 24.5 Å². The quantitative estimate of drug-likeness (QED) is 0.660. The third-order valence-corrected chi connectivity index (χ3v) is 4.64. The molecule has 0 unspecified atom stereocenters. The first kappa shape index (κ1) is 16.5. The Morgan fingerprint density at radius 2 is 2.15 bits per heavy atom. The van der Waals surface area contributed by atoms with E-state index in [2.05, 4.69) is 5.10 Å². The van der Waals surface area contributed by atoms with Crippen molar-refractivity contribution in [3.63, 3.8) is 0 Å². The second-order valence-electron chi connectivity index (χ2n) is 6.53. The van der Waals surface area contributed by atoms with Crippen LogP contribution in [0.15, 0.2) is 41.3 Å². The lowest BCUT2D eigenvalue weighted by Gasteiger charge is -2.11. The molecule has 2 aromatic heterocycles. The molecule has 0 radical (unpaired) electrons. The maximum absolute atomic E-state index is 13.4. The van der Waals surface area contributed by atoms with Gasteiger partial charge in [0.15, 0.2) is 0 Å². The molecule has 1 aliphatic carbocycles. The largest absolute Gasteiger partial charge is 0.465 e. The van der Waals surface area contributed by atoms with Gasteiger partial charge >= 0.3 is 5.97 Å². The highest BCUT2D eigenvalue weighted by atomic mass is 19.1. The maximum atomic E-state index is 13.4. The van der Waals surface area contributed by atoms with Crippen molar-refractivity contribution >= 4 is 11.6 Å². The maximum Gasteiger partial charge on any atom is 0.345 e. The summed E-state index contributed by atoms with van der Waals surface area (Å²) in [6, 6.07) is 8.28. The Labute approximate surface area is 148 Å². The van der Waals surface area contributed by atoms with Crippen molar-refractivity contribution in [3.05, 3.63) is 69.5 Å². The van der Waals surface area contributed by atoms with Gasteiger partial charge in [-0.3, -0.25) is 4.79 Å². The van der Waals surface area contributed by atoms with Gasteiger partial charge in [0.05, 0.1) is 12.8 Å². The van der Waals surface area contributed by atoms with Crippen LogP contribution in [-0.4, -0.2) is 27.3 Å². The van der Waals surface area contributed by atoms with E-state index in [9.17, 15) is 14.0 Å². The fourth-order valence-corrected chi connectivity index (χ4v) is 3.08. The van der Waals surface area contributed by atoms with Gasteiger partial charge in [-0.2, -0.15) is 9.61 Å². The van der Waals surface area contributed by atoms with Gasteiger partial charge in [-0.25, -0.2) is 9.18 Å². The van der Waals surface area contributed by atoms with Crippen molar-refractivity contribution in [2.24, 2.45) is 0 Å². The molecule has 4 rings (SSSR count). The van der Waals surface area contributed by atoms with Crippen molar-refractivity contribution in [1.82, 2.24) is 14.2 Å². The van der Waals surface area contributed by atoms with Gasteiger partial charge in [-0.1, -0.05) is 12.1 Å². The standard InChI is InChI=1S/C19H18FN3O3/c1-26-19(25)15-11-22(8-7-12-3-2-4-14(20)9-12)17-10-16(13-5-6-13)21-23(17)18(15)24/h2-4,9-11,13H,5-8H2,1H3. The summed E-state index contributed by atoms with van der Waals surface area (Å²) < 4.78 is 21.2. The summed E-state index contributed by atoms with van der Waals surface area (Å²) in [6.45, 7) is 0.479. The van der Waals surface area contributed by atoms with E-state index in [1.165, 1.54) is 30.0 Å². The van der Waals surface area contributed by atoms with Crippen molar-refractivity contribution < 1.29 is 13.9 Å². The molecule has 1 saturated carbocycles. The fraction of sp³-hybridized carbons (Fsp3) is 0.316. The van der Waals surface area contributed by atoms with Crippen molar-refractivity contribution in [2.45, 2.75) is 31.7 Å². The highest BCUT2D eigenvalue weighted by molar-refractivity contribution is 5.88. The molecule has 3 aromatic rings. The van der Waals surface area contributed by atoms with E-state index in [1.54, 1.807) is 10.6 Å². The van der Waals surface area contributed by atoms with Crippen molar-refractivity contribution in [1.29, 1.82) is 0 Å². The van der Waals surface area contributed by atoms with Crippen LogP contribution in [0.1, 0.15) is 40.4 Å². The summed E-state index contributed by atoms with van der Waals surface area (Å²) in [5.41, 5.74) is 1.78. The summed E-state index contributed by atoms with van der Waals surface area (Å²) in [6.07, 6.45) is 4.18. The van der Waals surface area contributed by atoms with Crippen LogP contribution >= 0.6 is 0 Å².